The first kappa shape index (κ1) is 20.6. The minimum Gasteiger partial charge on any atom is -0.308 e. The number of unbranched alkanes of at least 4 members (excludes halogenated alkanes) is 2. The van der Waals surface area contributed by atoms with Crippen LogP contribution in [0.2, 0.25) is 0 Å². The fraction of sp³-hybridized carbons (Fsp3) is 0.474. The molecule has 26 heavy (non-hydrogen) atoms. The molecule has 1 heterocycles. The number of amides is 2. The number of carbonyl (C=O) groups excluding carboxylic acids is 2. The van der Waals surface area contributed by atoms with Crippen molar-refractivity contribution in [3.05, 3.63) is 47.7 Å². The van der Waals surface area contributed by atoms with Gasteiger partial charge in [0.05, 0.1) is 30.5 Å². The first-order chi connectivity index (χ1) is 12.4. The molecule has 0 unspecified atom stereocenters. The largest absolute Gasteiger partial charge is 0.336 e. The van der Waals surface area contributed by atoms with Gasteiger partial charge < -0.3 is 9.05 Å². The zero-order valence-electron chi connectivity index (χ0n) is 15.4. The van der Waals surface area contributed by atoms with E-state index in [1.165, 1.54) is 0 Å². The molecule has 0 fully saturated rings. The lowest BCUT2D eigenvalue weighted by atomic mass is 10.1. The van der Waals surface area contributed by atoms with Gasteiger partial charge in [0.2, 0.25) is 0 Å². The monoisotopic (exact) mass is 379 g/mol. The Balaban J connectivity index is 2.12. The summed E-state index contributed by atoms with van der Waals surface area (Å²) in [7, 11) is -3.48. The Morgan fingerprint density at radius 2 is 1.46 bits per heavy atom. The Morgan fingerprint density at radius 3 is 1.88 bits per heavy atom. The number of rotatable bonds is 11. The lowest BCUT2D eigenvalue weighted by Gasteiger charge is -2.23. The fourth-order valence-electron chi connectivity index (χ4n) is 2.60. The van der Waals surface area contributed by atoms with Crippen molar-refractivity contribution in [1.82, 2.24) is 4.90 Å². The molecule has 2 amide bonds. The van der Waals surface area contributed by atoms with Gasteiger partial charge in [0, 0.05) is 5.70 Å². The van der Waals surface area contributed by atoms with E-state index in [-0.39, 0.29) is 11.9 Å². The number of benzene rings is 1. The SMILES string of the molecule is C=C(CP(=O)(OCCCC)OCCCC)N1C(=O)c2ccccc2C1=O. The highest BCUT2D eigenvalue weighted by molar-refractivity contribution is 7.54. The maximum Gasteiger partial charge on any atom is 0.336 e. The molecule has 0 aliphatic carbocycles. The highest BCUT2D eigenvalue weighted by atomic mass is 31.2. The molecule has 0 saturated heterocycles. The second kappa shape index (κ2) is 9.26. The minimum absolute atomic E-state index is 0.132. The van der Waals surface area contributed by atoms with Gasteiger partial charge in [-0.25, -0.2) is 4.90 Å². The van der Waals surface area contributed by atoms with E-state index in [0.717, 1.165) is 30.6 Å². The van der Waals surface area contributed by atoms with E-state index in [9.17, 15) is 14.2 Å². The van der Waals surface area contributed by atoms with E-state index in [1.54, 1.807) is 24.3 Å². The lowest BCUT2D eigenvalue weighted by Crippen LogP contribution is -2.30. The average molecular weight is 379 g/mol. The van der Waals surface area contributed by atoms with Gasteiger partial charge in [-0.2, -0.15) is 0 Å². The van der Waals surface area contributed by atoms with Crippen LogP contribution in [0.5, 0.6) is 0 Å². The highest BCUT2D eigenvalue weighted by Gasteiger charge is 2.39. The highest BCUT2D eigenvalue weighted by Crippen LogP contribution is 2.50. The van der Waals surface area contributed by atoms with Crippen LogP contribution < -0.4 is 0 Å². The smallest absolute Gasteiger partial charge is 0.308 e. The molecular formula is C19H26NO5P. The molecule has 142 valence electrons. The molecule has 7 heteroatoms. The van der Waals surface area contributed by atoms with Gasteiger partial charge in [0.25, 0.3) is 11.8 Å². The molecule has 6 nitrogen and oxygen atoms in total. The zero-order valence-corrected chi connectivity index (χ0v) is 16.3. The molecule has 1 aromatic carbocycles. The van der Waals surface area contributed by atoms with Crippen LogP contribution in [0.1, 0.15) is 60.2 Å². The second-order valence-electron chi connectivity index (χ2n) is 6.20. The first-order valence-electron chi connectivity index (χ1n) is 8.97. The van der Waals surface area contributed by atoms with Crippen molar-refractivity contribution in [3.8, 4) is 0 Å². The third kappa shape index (κ3) is 4.70. The number of fused-ring (bicyclic) bond motifs is 1. The van der Waals surface area contributed by atoms with Crippen LogP contribution in [-0.2, 0) is 13.6 Å². The number of allylic oxidation sites excluding steroid dienone is 1. The Bertz CT molecular complexity index is 681. The lowest BCUT2D eigenvalue weighted by molar-refractivity contribution is 0.0705. The summed E-state index contributed by atoms with van der Waals surface area (Å²) in [5.41, 5.74) is 0.784. The topological polar surface area (TPSA) is 72.9 Å². The summed E-state index contributed by atoms with van der Waals surface area (Å²) in [5.74, 6) is -0.909. The molecule has 0 N–H and O–H groups in total. The van der Waals surface area contributed by atoms with Gasteiger partial charge in [-0.15, -0.1) is 0 Å². The van der Waals surface area contributed by atoms with Crippen LogP contribution in [0.25, 0.3) is 0 Å². The maximum atomic E-state index is 13.1. The van der Waals surface area contributed by atoms with Crippen molar-refractivity contribution in [1.29, 1.82) is 0 Å². The summed E-state index contributed by atoms with van der Waals surface area (Å²) in [6, 6.07) is 6.58. The predicted octanol–water partition coefficient (Wildman–Crippen LogP) is 4.62. The van der Waals surface area contributed by atoms with E-state index in [1.807, 2.05) is 13.8 Å². The van der Waals surface area contributed by atoms with Crippen molar-refractivity contribution in [2.45, 2.75) is 39.5 Å². The number of hydrogen-bond acceptors (Lipinski definition) is 5. The summed E-state index contributed by atoms with van der Waals surface area (Å²) >= 11 is 0. The Hall–Kier alpha value is -1.75. The molecule has 1 aliphatic heterocycles. The summed E-state index contributed by atoms with van der Waals surface area (Å²) < 4.78 is 24.1. The van der Waals surface area contributed by atoms with E-state index in [2.05, 4.69) is 6.58 Å². The van der Waals surface area contributed by atoms with Gasteiger partial charge in [-0.05, 0) is 25.0 Å². The van der Waals surface area contributed by atoms with Crippen molar-refractivity contribution in [2.24, 2.45) is 0 Å². The molecule has 0 bridgehead atoms. The third-order valence-corrected chi connectivity index (χ3v) is 5.96. The van der Waals surface area contributed by atoms with E-state index < -0.39 is 19.4 Å². The number of hydrogen-bond donors (Lipinski definition) is 0. The molecule has 0 spiro atoms. The fourth-order valence-corrected chi connectivity index (χ4v) is 4.26. The van der Waals surface area contributed by atoms with E-state index in [0.29, 0.717) is 24.3 Å². The molecule has 0 aromatic heterocycles. The van der Waals surface area contributed by atoms with Gasteiger partial charge >= 0.3 is 7.60 Å². The zero-order chi connectivity index (χ0) is 19.2. The normalized spacial score (nSPS) is 14.0. The van der Waals surface area contributed by atoms with Crippen molar-refractivity contribution >= 4 is 19.4 Å². The maximum absolute atomic E-state index is 13.1. The number of carbonyl (C=O) groups is 2. The van der Waals surface area contributed by atoms with Gasteiger partial charge in [0.15, 0.2) is 0 Å². The van der Waals surface area contributed by atoms with Crippen LogP contribution in [0, 0.1) is 0 Å². The van der Waals surface area contributed by atoms with Crippen LogP contribution in [-0.4, -0.2) is 36.1 Å². The van der Waals surface area contributed by atoms with Crippen LogP contribution in [0.15, 0.2) is 36.5 Å². The van der Waals surface area contributed by atoms with Crippen LogP contribution in [0.4, 0.5) is 0 Å². The Morgan fingerprint density at radius 1 is 1.00 bits per heavy atom. The summed E-state index contributed by atoms with van der Waals surface area (Å²) in [5, 5.41) is 0. The van der Waals surface area contributed by atoms with Crippen molar-refractivity contribution in [2.75, 3.05) is 19.4 Å². The van der Waals surface area contributed by atoms with Crippen molar-refractivity contribution < 1.29 is 23.2 Å². The summed E-state index contributed by atoms with van der Waals surface area (Å²) in [4.78, 5) is 26.0. The molecule has 0 radical (unpaired) electrons. The van der Waals surface area contributed by atoms with Gasteiger partial charge in [-0.3, -0.25) is 14.2 Å². The predicted molar refractivity (Wildman–Crippen MR) is 100 cm³/mol. The van der Waals surface area contributed by atoms with E-state index in [4.69, 9.17) is 9.05 Å². The minimum atomic E-state index is -3.48. The standard InChI is InChI=1S/C19H26NO5P/c1-4-6-12-24-26(23,25-13-7-5-2)14-15(3)20-18(21)16-10-8-9-11-17(16)19(20)22/h8-11H,3-7,12-14H2,1-2H3. The third-order valence-electron chi connectivity index (χ3n) is 4.06. The number of nitrogens with zero attached hydrogens (tertiary/aromatic N) is 1. The quantitative estimate of drug-likeness (QED) is 0.319. The summed E-state index contributed by atoms with van der Waals surface area (Å²) in [6.45, 7) is 8.42. The second-order valence-corrected chi connectivity index (χ2v) is 8.25. The number of imide groups is 1. The molecule has 1 aliphatic rings. The average Bonchev–Trinajstić information content (AvgIpc) is 2.87. The van der Waals surface area contributed by atoms with Gasteiger partial charge in [0.1, 0.15) is 0 Å². The molecule has 2 rings (SSSR count). The van der Waals surface area contributed by atoms with Crippen molar-refractivity contribution in [3.63, 3.8) is 0 Å². The van der Waals surface area contributed by atoms with Crippen LogP contribution >= 0.6 is 7.60 Å². The molecule has 1 aromatic rings. The molecule has 0 atom stereocenters. The summed E-state index contributed by atoms with van der Waals surface area (Å²) in [6.07, 6.45) is 3.11. The Kier molecular flexibility index (Phi) is 7.33. The molecule has 0 saturated carbocycles. The van der Waals surface area contributed by atoms with Crippen LogP contribution in [0.3, 0.4) is 0 Å². The van der Waals surface area contributed by atoms with Gasteiger partial charge in [-0.1, -0.05) is 45.4 Å². The molecular weight excluding hydrogens is 353 g/mol. The first-order valence-corrected chi connectivity index (χ1v) is 10.7. The Labute approximate surface area is 154 Å². The van der Waals surface area contributed by atoms with E-state index >= 15 is 0 Å².